The van der Waals surface area contributed by atoms with Crippen molar-refractivity contribution in [2.45, 2.75) is 24.1 Å². The number of rotatable bonds is 1. The van der Waals surface area contributed by atoms with Gasteiger partial charge in [-0.3, -0.25) is 0 Å². The minimum Gasteiger partial charge on any atom is -0.482 e. The average molecular weight is 264 g/mol. The third-order valence-electron chi connectivity index (χ3n) is 1.50. The van der Waals surface area contributed by atoms with Crippen LogP contribution < -0.4 is 0 Å². The normalized spacial score (nSPS) is 15.5. The van der Waals surface area contributed by atoms with Crippen LogP contribution in [0, 0.1) is 0 Å². The molecule has 0 fully saturated rings. The van der Waals surface area contributed by atoms with E-state index in [1.54, 1.807) is 0 Å². The van der Waals surface area contributed by atoms with Gasteiger partial charge in [0.25, 0.3) is 0 Å². The fraction of sp³-hybridized carbons (Fsp3) is 1.00. The van der Waals surface area contributed by atoms with Crippen molar-refractivity contribution in [2.24, 2.45) is 0 Å². The Kier molecular flexibility index (Phi) is 3.68. The van der Waals surface area contributed by atoms with Crippen molar-refractivity contribution in [1.29, 1.82) is 0 Å². The third-order valence-corrected chi connectivity index (χ3v) is 2.12. The maximum Gasteiger partial charge on any atom is 0.433 e. The molecule has 0 aromatic heterocycles. The van der Waals surface area contributed by atoms with E-state index in [0.717, 1.165) is 0 Å². The van der Waals surface area contributed by atoms with E-state index in [1.807, 2.05) is 0 Å². The van der Waals surface area contributed by atoms with Crippen molar-refractivity contribution in [2.75, 3.05) is 0 Å². The second-order valence-electron chi connectivity index (χ2n) is 2.38. The first kappa shape index (κ1) is 14.9. The summed E-state index contributed by atoms with van der Waals surface area (Å²) in [5.41, 5.74) is -6.08. The lowest BCUT2D eigenvalue weighted by molar-refractivity contribution is -0.437. The van der Waals surface area contributed by atoms with Crippen LogP contribution in [0.2, 0.25) is 0 Å². The van der Waals surface area contributed by atoms with Crippen LogP contribution >= 0.6 is 0 Å². The van der Waals surface area contributed by atoms with E-state index in [-0.39, 0.29) is 0 Å². The highest BCUT2D eigenvalue weighted by molar-refractivity contribution is 5.98. The van der Waals surface area contributed by atoms with Gasteiger partial charge in [-0.05, 0) is 0 Å². The van der Waals surface area contributed by atoms with Gasteiger partial charge >= 0.3 is 40.8 Å². The highest BCUT2D eigenvalue weighted by Gasteiger charge is 2.83. The predicted molar refractivity (Wildman–Crippen MR) is 30.5 cm³/mol. The molecule has 0 atom stereocenters. The zero-order valence-electron chi connectivity index (χ0n) is 6.81. The van der Waals surface area contributed by atoms with Crippen LogP contribution in [0.1, 0.15) is 0 Å². The second-order valence-corrected chi connectivity index (χ2v) is 2.79. The molecule has 0 spiro atoms. The van der Waals surface area contributed by atoms with Crippen molar-refractivity contribution in [3.63, 3.8) is 0 Å². The fourth-order valence-corrected chi connectivity index (χ4v) is 1.52. The Labute approximate surface area is 84.9 Å². The fourth-order valence-electron chi connectivity index (χ4n) is 0.829. The summed E-state index contributed by atoms with van der Waals surface area (Å²) >= 11 is -1.37. The quantitative estimate of drug-likeness (QED) is 0.519. The number of hydrogen-bond donors (Lipinski definition) is 0. The molecule has 0 aromatic carbocycles. The minimum absolute atomic E-state index is 1.37. The van der Waals surface area contributed by atoms with Gasteiger partial charge in [0.2, 0.25) is 0 Å². The Bertz CT molecular complexity index is 188. The van der Waals surface area contributed by atoms with Gasteiger partial charge in [-0.1, -0.05) is 0 Å². The molecule has 1 nitrogen and oxygen atoms in total. The van der Waals surface area contributed by atoms with E-state index >= 15 is 0 Å². The van der Waals surface area contributed by atoms with Crippen LogP contribution in [0.3, 0.4) is 0 Å². The Hall–Kier alpha value is -0.138. The van der Waals surface area contributed by atoms with Crippen molar-refractivity contribution < 1.29 is 43.3 Å². The first-order valence-electron chi connectivity index (χ1n) is 3.06. The topological polar surface area (TPSA) is 9.23 Å². The molecule has 11 heteroatoms. The van der Waals surface area contributed by atoms with Gasteiger partial charge in [0, 0.05) is 0 Å². The lowest BCUT2D eigenvalue weighted by Crippen LogP contribution is -2.67. The molecule has 0 saturated carbocycles. The summed E-state index contributed by atoms with van der Waals surface area (Å²) in [5.74, 6) is 0. The molecule has 0 heterocycles. The summed E-state index contributed by atoms with van der Waals surface area (Å²) in [6.07, 6.45) is -19.8. The van der Waals surface area contributed by atoms with Crippen molar-refractivity contribution >= 4 is 16.6 Å². The van der Waals surface area contributed by atoms with Crippen LogP contribution in [-0.4, -0.2) is 40.8 Å². The van der Waals surface area contributed by atoms with E-state index in [0.29, 0.717) is 0 Å². The van der Waals surface area contributed by atoms with Gasteiger partial charge < -0.3 is 3.79 Å². The first-order valence-corrected chi connectivity index (χ1v) is 3.88. The smallest absolute Gasteiger partial charge is 0.433 e. The zero-order chi connectivity index (χ0) is 12.7. The van der Waals surface area contributed by atoms with E-state index in [1.165, 1.54) is 0 Å². The van der Waals surface area contributed by atoms with E-state index in [9.17, 15) is 39.5 Å². The van der Waals surface area contributed by atoms with Crippen LogP contribution in [-0.2, 0) is 3.79 Å². The standard InChI is InChI=1S/C4F9O.Al.2H/c5-2(6,7)1(14,3(8,9)10)4(11,12)13;;;/q-1;+1;;. The summed E-state index contributed by atoms with van der Waals surface area (Å²) < 4.78 is 109. The van der Waals surface area contributed by atoms with Gasteiger partial charge in [-0.2, -0.15) is 39.5 Å². The molecule has 0 unspecified atom stereocenters. The predicted octanol–water partition coefficient (Wildman–Crippen LogP) is 1.98. The molecule has 0 aliphatic heterocycles. The molecule has 0 radical (unpaired) electrons. The van der Waals surface area contributed by atoms with Gasteiger partial charge in [-0.15, -0.1) is 0 Å². The molecule has 0 aromatic rings. The number of halogens is 9. The Morgan fingerprint density at radius 1 is 0.600 bits per heavy atom. The molecular formula is C4H2AlF9O. The van der Waals surface area contributed by atoms with Gasteiger partial charge in [0.1, 0.15) is 0 Å². The van der Waals surface area contributed by atoms with Crippen LogP contribution in [0.15, 0.2) is 0 Å². The average Bonchev–Trinajstić information content (AvgIpc) is 1.76. The second kappa shape index (κ2) is 3.71. The molecule has 0 aliphatic rings. The summed E-state index contributed by atoms with van der Waals surface area (Å²) in [7, 11) is 0. The van der Waals surface area contributed by atoms with Crippen LogP contribution in [0.5, 0.6) is 0 Å². The molecular weight excluding hydrogens is 262 g/mol. The van der Waals surface area contributed by atoms with Gasteiger partial charge in [-0.25, -0.2) is 0 Å². The van der Waals surface area contributed by atoms with E-state index in [4.69, 9.17) is 0 Å². The lowest BCUT2D eigenvalue weighted by atomic mass is 10.0. The lowest BCUT2D eigenvalue weighted by Gasteiger charge is -2.38. The Balaban J connectivity index is 5.78. The molecule has 90 valence electrons. The number of hydrogen-bond acceptors (Lipinski definition) is 1. The Morgan fingerprint density at radius 2 is 0.800 bits per heavy atom. The molecule has 0 rings (SSSR count). The molecule has 0 bridgehead atoms. The van der Waals surface area contributed by atoms with Gasteiger partial charge in [0.15, 0.2) is 0 Å². The number of alkyl halides is 9. The Morgan fingerprint density at radius 3 is 0.800 bits per heavy atom. The van der Waals surface area contributed by atoms with Crippen LogP contribution in [0.4, 0.5) is 39.5 Å². The van der Waals surface area contributed by atoms with Crippen molar-refractivity contribution in [1.82, 2.24) is 0 Å². The molecule has 0 N–H and O–H groups in total. The molecule has 0 amide bonds. The van der Waals surface area contributed by atoms with Crippen molar-refractivity contribution in [3.05, 3.63) is 0 Å². The summed E-state index contributed by atoms with van der Waals surface area (Å²) in [5, 5.41) is 0. The monoisotopic (exact) mass is 264 g/mol. The SMILES string of the molecule is FC(F)(F)C([O][AlH2])(C(F)(F)F)C(F)(F)F. The summed E-state index contributed by atoms with van der Waals surface area (Å²) in [6, 6.07) is 0. The van der Waals surface area contributed by atoms with Gasteiger partial charge in [0.05, 0.1) is 0 Å². The van der Waals surface area contributed by atoms with E-state index in [2.05, 4.69) is 3.79 Å². The zero-order valence-corrected chi connectivity index (χ0v) is 8.81. The molecule has 0 aliphatic carbocycles. The maximum absolute atomic E-state index is 11.8. The molecule has 15 heavy (non-hydrogen) atoms. The minimum atomic E-state index is -6.61. The largest absolute Gasteiger partial charge is 0.482 e. The van der Waals surface area contributed by atoms with Crippen LogP contribution in [0.25, 0.3) is 0 Å². The molecule has 0 saturated heterocycles. The van der Waals surface area contributed by atoms with Crippen molar-refractivity contribution in [3.8, 4) is 0 Å². The highest BCUT2D eigenvalue weighted by atomic mass is 27.1. The summed E-state index contributed by atoms with van der Waals surface area (Å²) in [6.45, 7) is 0. The summed E-state index contributed by atoms with van der Waals surface area (Å²) in [4.78, 5) is 0. The third kappa shape index (κ3) is 2.19. The first-order chi connectivity index (χ1) is 6.31. The highest BCUT2D eigenvalue weighted by Crippen LogP contribution is 2.54. The maximum atomic E-state index is 11.8. The van der Waals surface area contributed by atoms with E-state index < -0.39 is 40.8 Å².